The summed E-state index contributed by atoms with van der Waals surface area (Å²) in [5.74, 6) is -1.27. The first-order valence-corrected chi connectivity index (χ1v) is 11.5. The van der Waals surface area contributed by atoms with Crippen molar-refractivity contribution in [2.75, 3.05) is 6.54 Å². The molecule has 5 rings (SSSR count). The zero-order valence-corrected chi connectivity index (χ0v) is 18.3. The van der Waals surface area contributed by atoms with E-state index in [0.29, 0.717) is 4.32 Å². The van der Waals surface area contributed by atoms with E-state index in [4.69, 9.17) is 17.2 Å². The molecule has 0 bridgehead atoms. The van der Waals surface area contributed by atoms with Crippen LogP contribution < -0.4 is 0 Å². The molecule has 2 unspecified atom stereocenters. The number of aromatic nitrogens is 1. The average Bonchev–Trinajstić information content (AvgIpc) is 3.36. The van der Waals surface area contributed by atoms with Crippen LogP contribution in [-0.4, -0.2) is 43.0 Å². The highest BCUT2D eigenvalue weighted by Gasteiger charge is 2.45. The first-order valence-electron chi connectivity index (χ1n) is 9.39. The number of carboxylic acid groups (broad SMARTS) is 1. The van der Waals surface area contributed by atoms with Crippen LogP contribution in [0.5, 0.6) is 0 Å². The Kier molecular flexibility index (Phi) is 4.72. The smallest absolute Gasteiger partial charge is 0.323 e. The summed E-state index contributed by atoms with van der Waals surface area (Å²) < 4.78 is 1.40. The molecule has 1 fully saturated rings. The van der Waals surface area contributed by atoms with E-state index < -0.39 is 17.8 Å². The summed E-state index contributed by atoms with van der Waals surface area (Å²) in [5.41, 5.74) is 5.04. The van der Waals surface area contributed by atoms with Crippen molar-refractivity contribution in [2.45, 2.75) is 18.1 Å². The number of para-hydroxylation sites is 1. The molecule has 2 aliphatic rings. The van der Waals surface area contributed by atoms with Gasteiger partial charge >= 0.3 is 5.97 Å². The molecule has 1 saturated heterocycles. The van der Waals surface area contributed by atoms with Crippen molar-refractivity contribution in [3.8, 4) is 0 Å². The molecule has 2 heterocycles. The van der Waals surface area contributed by atoms with Crippen molar-refractivity contribution >= 4 is 72.9 Å². The van der Waals surface area contributed by atoms with Crippen LogP contribution >= 0.6 is 35.3 Å². The standard InChI is InChI=1S/C22H16N2O3S3/c1-11-12-6-2-3-7-13(12)18(19-21(27)24(10-16(25)26)22(28)30-19)17(11)20-23-14-8-4-5-9-15(14)29-20/h2-9,11,19H,10H2,1H3,(H,25,26). The molecule has 8 heteroatoms. The number of thiocarbonyl (C=S) groups is 1. The van der Waals surface area contributed by atoms with Crippen molar-refractivity contribution < 1.29 is 14.7 Å². The minimum absolute atomic E-state index is 0.0762. The van der Waals surface area contributed by atoms with E-state index in [1.165, 1.54) is 16.7 Å². The van der Waals surface area contributed by atoms with Crippen LogP contribution in [0.25, 0.3) is 21.4 Å². The van der Waals surface area contributed by atoms with E-state index in [9.17, 15) is 14.7 Å². The summed E-state index contributed by atoms with van der Waals surface area (Å²) in [7, 11) is 0. The lowest BCUT2D eigenvalue weighted by Crippen LogP contribution is -2.36. The van der Waals surface area contributed by atoms with Gasteiger partial charge in [-0.2, -0.15) is 0 Å². The van der Waals surface area contributed by atoms with E-state index in [2.05, 4.69) is 13.0 Å². The van der Waals surface area contributed by atoms with E-state index >= 15 is 0 Å². The van der Waals surface area contributed by atoms with Crippen molar-refractivity contribution in [3.05, 3.63) is 64.7 Å². The molecule has 3 aromatic rings. The highest BCUT2D eigenvalue weighted by Crippen LogP contribution is 2.52. The van der Waals surface area contributed by atoms with Crippen molar-refractivity contribution in [1.29, 1.82) is 0 Å². The van der Waals surface area contributed by atoms with Gasteiger partial charge in [-0.25, -0.2) is 4.98 Å². The summed E-state index contributed by atoms with van der Waals surface area (Å²) in [5, 5.41) is 9.52. The minimum atomic E-state index is -1.08. The summed E-state index contributed by atoms with van der Waals surface area (Å²) in [6.07, 6.45) is 0. The molecule has 30 heavy (non-hydrogen) atoms. The van der Waals surface area contributed by atoms with E-state index in [-0.39, 0.29) is 11.8 Å². The van der Waals surface area contributed by atoms with Gasteiger partial charge in [-0.05, 0) is 28.8 Å². The van der Waals surface area contributed by atoms with E-state index in [0.717, 1.165) is 37.5 Å². The number of hydrogen-bond acceptors (Lipinski definition) is 6. The molecule has 0 radical (unpaired) electrons. The van der Waals surface area contributed by atoms with Gasteiger partial charge in [0.05, 0.1) is 10.2 Å². The number of allylic oxidation sites excluding steroid dienone is 1. The van der Waals surface area contributed by atoms with Gasteiger partial charge in [-0.15, -0.1) is 11.3 Å². The first-order chi connectivity index (χ1) is 14.5. The first kappa shape index (κ1) is 19.4. The SMILES string of the molecule is CC1C(c2nc3ccccc3s2)=C(C2SC(=S)N(CC(=O)O)C2=O)c2ccccc21. The third kappa shape index (κ3) is 2.98. The van der Waals surface area contributed by atoms with Gasteiger partial charge in [0.1, 0.15) is 21.1 Å². The Labute approximate surface area is 186 Å². The Morgan fingerprint density at radius 1 is 1.17 bits per heavy atom. The Morgan fingerprint density at radius 2 is 1.90 bits per heavy atom. The lowest BCUT2D eigenvalue weighted by Gasteiger charge is -2.15. The van der Waals surface area contributed by atoms with Crippen molar-refractivity contribution in [1.82, 2.24) is 9.88 Å². The molecule has 1 aromatic heterocycles. The van der Waals surface area contributed by atoms with Gasteiger partial charge < -0.3 is 5.11 Å². The van der Waals surface area contributed by atoms with Gasteiger partial charge in [-0.1, -0.05) is 67.3 Å². The lowest BCUT2D eigenvalue weighted by atomic mass is 9.98. The molecule has 1 aliphatic carbocycles. The number of thioether (sulfide) groups is 1. The number of aliphatic carboxylic acids is 1. The molecule has 2 aromatic carbocycles. The van der Waals surface area contributed by atoms with Gasteiger partial charge in [-0.3, -0.25) is 14.5 Å². The molecule has 0 saturated carbocycles. The third-order valence-corrected chi connectivity index (χ3v) is 8.12. The summed E-state index contributed by atoms with van der Waals surface area (Å²) in [6, 6.07) is 16.1. The predicted octanol–water partition coefficient (Wildman–Crippen LogP) is 4.64. The topological polar surface area (TPSA) is 70.5 Å². The van der Waals surface area contributed by atoms with E-state index in [1.807, 2.05) is 42.5 Å². The summed E-state index contributed by atoms with van der Waals surface area (Å²) >= 11 is 8.22. The average molecular weight is 453 g/mol. The lowest BCUT2D eigenvalue weighted by molar-refractivity contribution is -0.140. The Morgan fingerprint density at radius 3 is 2.67 bits per heavy atom. The molecule has 0 spiro atoms. The highest BCUT2D eigenvalue weighted by molar-refractivity contribution is 8.24. The number of nitrogens with zero attached hydrogens (tertiary/aromatic N) is 2. The van der Waals surface area contributed by atoms with E-state index in [1.54, 1.807) is 11.3 Å². The molecule has 150 valence electrons. The molecule has 5 nitrogen and oxygen atoms in total. The Bertz CT molecular complexity index is 1230. The predicted molar refractivity (Wildman–Crippen MR) is 125 cm³/mol. The normalized spacial score (nSPS) is 21.0. The molecule has 1 aliphatic heterocycles. The van der Waals surface area contributed by atoms with Crippen LogP contribution in [0.3, 0.4) is 0 Å². The fraction of sp³-hybridized carbons (Fsp3) is 0.182. The molecular weight excluding hydrogens is 436 g/mol. The maximum Gasteiger partial charge on any atom is 0.323 e. The van der Waals surface area contributed by atoms with Crippen LogP contribution in [0, 0.1) is 0 Å². The van der Waals surface area contributed by atoms with Crippen LogP contribution in [0.2, 0.25) is 0 Å². The van der Waals surface area contributed by atoms with Crippen LogP contribution in [0.4, 0.5) is 0 Å². The maximum atomic E-state index is 13.2. The number of fused-ring (bicyclic) bond motifs is 2. The number of carbonyl (C=O) groups is 2. The number of carbonyl (C=O) groups excluding carboxylic acids is 1. The second-order valence-corrected chi connectivity index (χ2v) is 9.97. The summed E-state index contributed by atoms with van der Waals surface area (Å²) in [6.45, 7) is 1.72. The number of benzene rings is 2. The number of amides is 1. The largest absolute Gasteiger partial charge is 0.480 e. The second kappa shape index (κ2) is 7.30. The van der Waals surface area contributed by atoms with Crippen LogP contribution in [-0.2, 0) is 9.59 Å². The molecule has 1 amide bonds. The molecule has 1 N–H and O–H groups in total. The number of thiazole rings is 1. The quantitative estimate of drug-likeness (QED) is 0.582. The second-order valence-electron chi connectivity index (χ2n) is 7.20. The number of carboxylic acids is 1. The third-order valence-electron chi connectivity index (χ3n) is 5.45. The summed E-state index contributed by atoms with van der Waals surface area (Å²) in [4.78, 5) is 30.5. The monoisotopic (exact) mass is 452 g/mol. The number of hydrogen-bond donors (Lipinski definition) is 1. The van der Waals surface area contributed by atoms with Crippen LogP contribution in [0.15, 0.2) is 48.5 Å². The van der Waals surface area contributed by atoms with Crippen molar-refractivity contribution in [3.63, 3.8) is 0 Å². The van der Waals surface area contributed by atoms with Gasteiger partial charge in [0, 0.05) is 11.5 Å². The molecule has 2 atom stereocenters. The maximum absolute atomic E-state index is 13.2. The molecular formula is C22H16N2O3S3. The zero-order valence-electron chi connectivity index (χ0n) is 15.9. The minimum Gasteiger partial charge on any atom is -0.480 e. The fourth-order valence-corrected chi connectivity index (χ4v) is 6.77. The zero-order chi connectivity index (χ0) is 21.0. The van der Waals surface area contributed by atoms with Gasteiger partial charge in [0.15, 0.2) is 0 Å². The number of rotatable bonds is 4. The Balaban J connectivity index is 1.69. The Hall–Kier alpha value is -2.55. The van der Waals surface area contributed by atoms with Gasteiger partial charge in [0.25, 0.3) is 0 Å². The highest BCUT2D eigenvalue weighted by atomic mass is 32.2. The van der Waals surface area contributed by atoms with Crippen molar-refractivity contribution in [2.24, 2.45) is 0 Å². The fourth-order valence-electron chi connectivity index (χ4n) is 4.13. The van der Waals surface area contributed by atoms with Crippen LogP contribution in [0.1, 0.15) is 29.0 Å². The van der Waals surface area contributed by atoms with Gasteiger partial charge in [0.2, 0.25) is 5.91 Å².